The molecule has 0 amide bonds. The van der Waals surface area contributed by atoms with Crippen molar-refractivity contribution in [1.29, 1.82) is 0 Å². The maximum absolute atomic E-state index is 3.92. The molecule has 0 nitrogen and oxygen atoms in total. The van der Waals surface area contributed by atoms with Gasteiger partial charge in [-0.3, -0.25) is 0 Å². The summed E-state index contributed by atoms with van der Waals surface area (Å²) in [4.78, 5) is 0. The van der Waals surface area contributed by atoms with Crippen molar-refractivity contribution in [2.24, 2.45) is 0 Å². The Labute approximate surface area is 90.8 Å². The van der Waals surface area contributed by atoms with Gasteiger partial charge in [-0.25, -0.2) is 0 Å². The second-order valence-corrected chi connectivity index (χ2v) is 4.39. The van der Waals surface area contributed by atoms with Crippen molar-refractivity contribution < 1.29 is 0 Å². The van der Waals surface area contributed by atoms with Crippen LogP contribution < -0.4 is 0 Å². The maximum atomic E-state index is 3.92. The molecular formula is C14H27. The zero-order valence-electron chi connectivity index (χ0n) is 9.99. The lowest BCUT2D eigenvalue weighted by atomic mass is 10.1. The van der Waals surface area contributed by atoms with Gasteiger partial charge in [-0.05, 0) is 19.8 Å². The number of hydrogen-bond acceptors (Lipinski definition) is 0. The molecule has 0 heteroatoms. The second kappa shape index (κ2) is 10.8. The molecule has 0 aromatic carbocycles. The van der Waals surface area contributed by atoms with Crippen molar-refractivity contribution in [1.82, 2.24) is 0 Å². The number of hydrogen-bond donors (Lipinski definition) is 0. The Hall–Kier alpha value is -0.260. The van der Waals surface area contributed by atoms with Crippen LogP contribution in [0.5, 0.6) is 0 Å². The summed E-state index contributed by atoms with van der Waals surface area (Å²) in [5.41, 5.74) is 1.33. The fourth-order valence-electron chi connectivity index (χ4n) is 1.66. The standard InChI is InChI=1S/C14H27/c1-4-5-6-7-8-9-10-11-12-13-14(2)3/h1-2,4-13H2,3H3. The quantitative estimate of drug-likeness (QED) is 0.328. The lowest BCUT2D eigenvalue weighted by Gasteiger charge is -2.01. The van der Waals surface area contributed by atoms with E-state index >= 15 is 0 Å². The van der Waals surface area contributed by atoms with Crippen molar-refractivity contribution >= 4 is 0 Å². The summed E-state index contributed by atoms with van der Waals surface area (Å²) in [5, 5.41) is 0. The zero-order valence-corrected chi connectivity index (χ0v) is 9.99. The van der Waals surface area contributed by atoms with E-state index in [1.165, 1.54) is 63.4 Å². The molecule has 1 radical (unpaired) electrons. The molecule has 0 aliphatic heterocycles. The molecule has 0 bridgehead atoms. The maximum Gasteiger partial charge on any atom is -0.0326 e. The first-order chi connectivity index (χ1) is 6.77. The largest absolute Gasteiger partial charge is 0.100 e. The van der Waals surface area contributed by atoms with Crippen molar-refractivity contribution in [3.8, 4) is 0 Å². The van der Waals surface area contributed by atoms with Crippen LogP contribution in [0.15, 0.2) is 12.2 Å². The molecule has 0 aliphatic rings. The summed E-state index contributed by atoms with van der Waals surface area (Å²) in [6.45, 7) is 9.89. The summed E-state index contributed by atoms with van der Waals surface area (Å²) in [6.07, 6.45) is 13.4. The summed E-state index contributed by atoms with van der Waals surface area (Å²) in [5.74, 6) is 0. The van der Waals surface area contributed by atoms with Crippen molar-refractivity contribution in [2.75, 3.05) is 0 Å². The first kappa shape index (κ1) is 13.7. The molecule has 0 saturated heterocycles. The first-order valence-electron chi connectivity index (χ1n) is 6.21. The van der Waals surface area contributed by atoms with Crippen LogP contribution in [0.4, 0.5) is 0 Å². The van der Waals surface area contributed by atoms with Crippen LogP contribution in [0.3, 0.4) is 0 Å². The van der Waals surface area contributed by atoms with Gasteiger partial charge in [0.1, 0.15) is 0 Å². The summed E-state index contributed by atoms with van der Waals surface area (Å²) in [7, 11) is 0. The molecule has 0 spiro atoms. The monoisotopic (exact) mass is 195 g/mol. The van der Waals surface area contributed by atoms with Gasteiger partial charge in [0.2, 0.25) is 0 Å². The molecule has 0 saturated carbocycles. The molecule has 0 heterocycles. The van der Waals surface area contributed by atoms with Gasteiger partial charge in [-0.15, -0.1) is 6.58 Å². The van der Waals surface area contributed by atoms with E-state index in [1.807, 2.05) is 0 Å². The SMILES string of the molecule is [CH2]CCCCCCCCCCC(=C)C. The van der Waals surface area contributed by atoms with Crippen molar-refractivity contribution in [3.05, 3.63) is 19.1 Å². The minimum absolute atomic E-state index is 1.11. The average molecular weight is 195 g/mol. The summed E-state index contributed by atoms with van der Waals surface area (Å²) >= 11 is 0. The van der Waals surface area contributed by atoms with Crippen LogP contribution in [0.1, 0.15) is 71.1 Å². The smallest absolute Gasteiger partial charge is 0.0326 e. The second-order valence-electron chi connectivity index (χ2n) is 4.39. The van der Waals surface area contributed by atoms with Crippen molar-refractivity contribution in [3.63, 3.8) is 0 Å². The van der Waals surface area contributed by atoms with E-state index < -0.39 is 0 Å². The van der Waals surface area contributed by atoms with E-state index in [-0.39, 0.29) is 0 Å². The molecule has 0 rings (SSSR count). The Bertz CT molecular complexity index is 124. The highest BCUT2D eigenvalue weighted by atomic mass is 14.0. The van der Waals surface area contributed by atoms with Gasteiger partial charge in [-0.1, -0.05) is 63.9 Å². The summed E-state index contributed by atoms with van der Waals surface area (Å²) < 4.78 is 0. The van der Waals surface area contributed by atoms with E-state index in [1.54, 1.807) is 0 Å². The number of rotatable bonds is 10. The van der Waals surface area contributed by atoms with Gasteiger partial charge < -0.3 is 0 Å². The zero-order chi connectivity index (χ0) is 10.6. The summed E-state index contributed by atoms with van der Waals surface area (Å²) in [6, 6.07) is 0. The molecule has 0 aromatic heterocycles. The minimum Gasteiger partial charge on any atom is -0.100 e. The molecule has 83 valence electrons. The third-order valence-electron chi connectivity index (χ3n) is 2.60. The predicted molar refractivity (Wildman–Crippen MR) is 66.3 cm³/mol. The van der Waals surface area contributed by atoms with Crippen molar-refractivity contribution in [2.45, 2.75) is 71.1 Å². The van der Waals surface area contributed by atoms with E-state index in [2.05, 4.69) is 20.4 Å². The molecule has 0 atom stereocenters. The van der Waals surface area contributed by atoms with E-state index in [0.717, 1.165) is 6.42 Å². The fraction of sp³-hybridized carbons (Fsp3) is 0.786. The van der Waals surface area contributed by atoms with Crippen LogP contribution in [0.2, 0.25) is 0 Å². The normalized spacial score (nSPS) is 10.4. The molecular weight excluding hydrogens is 168 g/mol. The third kappa shape index (κ3) is 11.7. The van der Waals surface area contributed by atoms with Gasteiger partial charge in [0, 0.05) is 0 Å². The highest BCUT2D eigenvalue weighted by molar-refractivity contribution is 4.86. The highest BCUT2D eigenvalue weighted by Crippen LogP contribution is 2.11. The van der Waals surface area contributed by atoms with Crippen LogP contribution in [-0.4, -0.2) is 0 Å². The molecule has 0 N–H and O–H groups in total. The van der Waals surface area contributed by atoms with Gasteiger partial charge in [0.25, 0.3) is 0 Å². The number of unbranched alkanes of at least 4 members (excludes halogenated alkanes) is 8. The van der Waals surface area contributed by atoms with Gasteiger partial charge in [0.15, 0.2) is 0 Å². The Balaban J connectivity index is 2.88. The lowest BCUT2D eigenvalue weighted by Crippen LogP contribution is -1.81. The average Bonchev–Trinajstić information content (AvgIpc) is 2.15. The lowest BCUT2D eigenvalue weighted by molar-refractivity contribution is 0.568. The Morgan fingerprint density at radius 3 is 1.64 bits per heavy atom. The van der Waals surface area contributed by atoms with Gasteiger partial charge in [-0.2, -0.15) is 0 Å². The van der Waals surface area contributed by atoms with Crippen LogP contribution in [0.25, 0.3) is 0 Å². The van der Waals surface area contributed by atoms with Crippen LogP contribution in [0, 0.1) is 6.92 Å². The topological polar surface area (TPSA) is 0 Å². The molecule has 0 unspecified atom stereocenters. The van der Waals surface area contributed by atoms with E-state index in [9.17, 15) is 0 Å². The Morgan fingerprint density at radius 2 is 1.21 bits per heavy atom. The van der Waals surface area contributed by atoms with Gasteiger partial charge >= 0.3 is 0 Å². The molecule has 0 aliphatic carbocycles. The fourth-order valence-corrected chi connectivity index (χ4v) is 1.66. The van der Waals surface area contributed by atoms with Crippen LogP contribution >= 0.6 is 0 Å². The third-order valence-corrected chi connectivity index (χ3v) is 2.60. The number of allylic oxidation sites excluding steroid dienone is 1. The Morgan fingerprint density at radius 1 is 0.786 bits per heavy atom. The van der Waals surface area contributed by atoms with E-state index in [4.69, 9.17) is 0 Å². The van der Waals surface area contributed by atoms with E-state index in [0.29, 0.717) is 0 Å². The molecule has 0 aromatic rings. The Kier molecular flexibility index (Phi) is 10.6. The minimum atomic E-state index is 1.11. The molecule has 0 fully saturated rings. The highest BCUT2D eigenvalue weighted by Gasteiger charge is 1.92. The predicted octanol–water partition coefficient (Wildman–Crippen LogP) is 5.30. The van der Waals surface area contributed by atoms with Gasteiger partial charge in [0.05, 0.1) is 0 Å². The molecule has 14 heavy (non-hydrogen) atoms. The van der Waals surface area contributed by atoms with Crippen LogP contribution in [-0.2, 0) is 0 Å². The first-order valence-corrected chi connectivity index (χ1v) is 6.21.